The van der Waals surface area contributed by atoms with Crippen molar-refractivity contribution in [3.8, 4) is 17.2 Å². The van der Waals surface area contributed by atoms with Gasteiger partial charge in [0.25, 0.3) is 0 Å². The Morgan fingerprint density at radius 2 is 2.00 bits per heavy atom. The number of phenolic OH excluding ortho intramolecular Hbond substituents is 1. The fourth-order valence-corrected chi connectivity index (χ4v) is 3.08. The van der Waals surface area contributed by atoms with Crippen molar-refractivity contribution in [1.29, 1.82) is 0 Å². The van der Waals surface area contributed by atoms with Gasteiger partial charge in [-0.3, -0.25) is 0 Å². The largest absolute Gasteiger partial charge is 0.508 e. The Morgan fingerprint density at radius 1 is 1.21 bits per heavy atom. The zero-order valence-electron chi connectivity index (χ0n) is 10.5. The topological polar surface area (TPSA) is 38.7 Å². The first kappa shape index (κ1) is 12.2. The highest BCUT2D eigenvalue weighted by Crippen LogP contribution is 2.42. The van der Waals surface area contributed by atoms with Crippen LogP contribution in [0.3, 0.4) is 0 Å². The van der Waals surface area contributed by atoms with Crippen LogP contribution in [0.25, 0.3) is 0 Å². The number of ether oxygens (including phenoxy) is 2. The molecule has 1 N–H and O–H groups in total. The van der Waals surface area contributed by atoms with Crippen LogP contribution in [0.5, 0.6) is 17.2 Å². The summed E-state index contributed by atoms with van der Waals surface area (Å²) in [5, 5.41) is 9.31. The molecule has 1 aliphatic heterocycles. The van der Waals surface area contributed by atoms with Crippen LogP contribution in [0.2, 0.25) is 0 Å². The van der Waals surface area contributed by atoms with Gasteiger partial charge in [-0.05, 0) is 35.9 Å². The molecule has 0 bridgehead atoms. The number of fused-ring (bicyclic) bond motifs is 1. The molecule has 3 nitrogen and oxygen atoms in total. The number of hydrogen-bond donors (Lipinski definition) is 1. The highest BCUT2D eigenvalue weighted by atomic mass is 32.2. The Balaban J connectivity index is 1.84. The van der Waals surface area contributed by atoms with Gasteiger partial charge in [-0.2, -0.15) is 0 Å². The number of phenols is 1. The third-order valence-electron chi connectivity index (χ3n) is 3.08. The third kappa shape index (κ3) is 2.49. The van der Waals surface area contributed by atoms with Crippen molar-refractivity contribution >= 4 is 11.8 Å². The number of hydrogen-bond acceptors (Lipinski definition) is 4. The Kier molecular flexibility index (Phi) is 3.25. The summed E-state index contributed by atoms with van der Waals surface area (Å²) in [6.45, 7) is 0. The maximum absolute atomic E-state index is 9.31. The van der Waals surface area contributed by atoms with Crippen LogP contribution in [0.4, 0.5) is 0 Å². The number of benzene rings is 2. The van der Waals surface area contributed by atoms with Crippen molar-refractivity contribution in [3.63, 3.8) is 0 Å². The van der Waals surface area contributed by atoms with Gasteiger partial charge < -0.3 is 14.6 Å². The van der Waals surface area contributed by atoms with Crippen LogP contribution in [0.1, 0.15) is 11.7 Å². The molecule has 2 aromatic carbocycles. The standard InChI is InChI=1S/C15H14O3S/c1-17-12-6-7-13-15(8-12)19-9-14(18-13)10-2-4-11(16)5-3-10/h2-8,14,16H,9H2,1H3. The van der Waals surface area contributed by atoms with E-state index in [9.17, 15) is 5.11 Å². The van der Waals surface area contributed by atoms with Gasteiger partial charge in [-0.15, -0.1) is 11.8 Å². The second-order valence-corrected chi connectivity index (χ2v) is 5.38. The number of methoxy groups -OCH3 is 1. The minimum Gasteiger partial charge on any atom is -0.508 e. The summed E-state index contributed by atoms with van der Waals surface area (Å²) in [4.78, 5) is 1.11. The molecule has 1 unspecified atom stereocenters. The Bertz CT molecular complexity index is 580. The third-order valence-corrected chi connectivity index (χ3v) is 4.17. The SMILES string of the molecule is COc1ccc2c(c1)SCC(c1ccc(O)cc1)O2. The van der Waals surface area contributed by atoms with E-state index >= 15 is 0 Å². The normalized spacial score (nSPS) is 17.4. The van der Waals surface area contributed by atoms with E-state index in [0.717, 1.165) is 27.7 Å². The monoisotopic (exact) mass is 274 g/mol. The molecular formula is C15H14O3S. The van der Waals surface area contributed by atoms with Crippen LogP contribution >= 0.6 is 11.8 Å². The molecular weight excluding hydrogens is 260 g/mol. The van der Waals surface area contributed by atoms with E-state index in [1.165, 1.54) is 0 Å². The Morgan fingerprint density at radius 3 is 2.74 bits per heavy atom. The fourth-order valence-electron chi connectivity index (χ4n) is 2.03. The van der Waals surface area contributed by atoms with E-state index in [1.807, 2.05) is 30.3 Å². The van der Waals surface area contributed by atoms with Gasteiger partial charge in [0.05, 0.1) is 12.0 Å². The van der Waals surface area contributed by atoms with E-state index < -0.39 is 0 Å². The van der Waals surface area contributed by atoms with Crippen molar-refractivity contribution < 1.29 is 14.6 Å². The lowest BCUT2D eigenvalue weighted by atomic mass is 10.1. The predicted molar refractivity (Wildman–Crippen MR) is 75.2 cm³/mol. The second kappa shape index (κ2) is 5.05. The lowest BCUT2D eigenvalue weighted by Crippen LogP contribution is -2.14. The molecule has 98 valence electrons. The maximum atomic E-state index is 9.31. The van der Waals surface area contributed by atoms with Crippen LogP contribution < -0.4 is 9.47 Å². The average Bonchev–Trinajstić information content (AvgIpc) is 2.47. The van der Waals surface area contributed by atoms with Crippen LogP contribution in [-0.2, 0) is 0 Å². The average molecular weight is 274 g/mol. The summed E-state index contributed by atoms with van der Waals surface area (Å²) in [6.07, 6.45) is 0.0199. The van der Waals surface area contributed by atoms with E-state index in [0.29, 0.717) is 0 Å². The second-order valence-electron chi connectivity index (χ2n) is 4.32. The highest BCUT2D eigenvalue weighted by Gasteiger charge is 2.22. The lowest BCUT2D eigenvalue weighted by molar-refractivity contribution is 0.220. The van der Waals surface area contributed by atoms with E-state index in [2.05, 4.69) is 0 Å². The summed E-state index contributed by atoms with van der Waals surface area (Å²) in [6, 6.07) is 13.0. The van der Waals surface area contributed by atoms with Crippen molar-refractivity contribution in [1.82, 2.24) is 0 Å². The number of thioether (sulfide) groups is 1. The van der Waals surface area contributed by atoms with E-state index in [1.54, 1.807) is 31.0 Å². The molecule has 19 heavy (non-hydrogen) atoms. The molecule has 3 rings (SSSR count). The zero-order valence-corrected chi connectivity index (χ0v) is 11.3. The quantitative estimate of drug-likeness (QED) is 0.907. The van der Waals surface area contributed by atoms with Crippen LogP contribution in [-0.4, -0.2) is 18.0 Å². The molecule has 0 saturated heterocycles. The van der Waals surface area contributed by atoms with Gasteiger partial charge in [0.15, 0.2) is 0 Å². The Labute approximate surface area is 116 Å². The molecule has 2 aromatic rings. The smallest absolute Gasteiger partial charge is 0.134 e. The summed E-state index contributed by atoms with van der Waals surface area (Å²) < 4.78 is 11.2. The van der Waals surface area contributed by atoms with Crippen molar-refractivity contribution in [3.05, 3.63) is 48.0 Å². The van der Waals surface area contributed by atoms with Crippen molar-refractivity contribution in [2.45, 2.75) is 11.0 Å². The van der Waals surface area contributed by atoms with Gasteiger partial charge in [0.2, 0.25) is 0 Å². The lowest BCUT2D eigenvalue weighted by Gasteiger charge is -2.26. The van der Waals surface area contributed by atoms with Crippen molar-refractivity contribution in [2.75, 3.05) is 12.9 Å². The first-order valence-electron chi connectivity index (χ1n) is 6.02. The van der Waals surface area contributed by atoms with Gasteiger partial charge in [-0.25, -0.2) is 0 Å². The molecule has 4 heteroatoms. The van der Waals surface area contributed by atoms with Crippen molar-refractivity contribution in [2.24, 2.45) is 0 Å². The molecule has 0 saturated carbocycles. The van der Waals surface area contributed by atoms with Gasteiger partial charge in [-0.1, -0.05) is 12.1 Å². The van der Waals surface area contributed by atoms with Crippen LogP contribution in [0.15, 0.2) is 47.4 Å². The predicted octanol–water partition coefficient (Wildman–Crippen LogP) is 3.63. The zero-order chi connectivity index (χ0) is 13.2. The molecule has 0 spiro atoms. The van der Waals surface area contributed by atoms with Gasteiger partial charge in [0, 0.05) is 5.75 Å². The maximum Gasteiger partial charge on any atom is 0.134 e. The Hall–Kier alpha value is -1.81. The summed E-state index contributed by atoms with van der Waals surface area (Å²) >= 11 is 1.76. The molecule has 1 aliphatic rings. The molecule has 0 radical (unpaired) electrons. The molecule has 1 atom stereocenters. The summed E-state index contributed by atoms with van der Waals surface area (Å²) in [7, 11) is 1.66. The summed E-state index contributed by atoms with van der Waals surface area (Å²) in [5.74, 6) is 2.86. The van der Waals surface area contributed by atoms with E-state index in [4.69, 9.17) is 9.47 Å². The molecule has 0 fully saturated rings. The number of rotatable bonds is 2. The molecule has 0 aliphatic carbocycles. The summed E-state index contributed by atoms with van der Waals surface area (Å²) in [5.41, 5.74) is 1.08. The minimum atomic E-state index is 0.0199. The van der Waals surface area contributed by atoms with Crippen LogP contribution in [0, 0.1) is 0 Å². The molecule has 0 amide bonds. The van der Waals surface area contributed by atoms with Gasteiger partial charge >= 0.3 is 0 Å². The fraction of sp³-hybridized carbons (Fsp3) is 0.200. The number of aromatic hydroxyl groups is 1. The highest BCUT2D eigenvalue weighted by molar-refractivity contribution is 7.99. The molecule has 0 aromatic heterocycles. The van der Waals surface area contributed by atoms with E-state index in [-0.39, 0.29) is 11.9 Å². The first-order valence-corrected chi connectivity index (χ1v) is 7.01. The first-order chi connectivity index (χ1) is 9.26. The minimum absolute atomic E-state index is 0.0199. The molecule has 1 heterocycles. The van der Waals surface area contributed by atoms with Gasteiger partial charge in [0.1, 0.15) is 23.4 Å².